The van der Waals surface area contributed by atoms with E-state index in [1.807, 2.05) is 0 Å². The van der Waals surface area contributed by atoms with Gasteiger partial charge in [-0.2, -0.15) is 0 Å². The third kappa shape index (κ3) is 5.63. The summed E-state index contributed by atoms with van der Waals surface area (Å²) >= 11 is 0. The van der Waals surface area contributed by atoms with E-state index in [2.05, 4.69) is 47.6 Å². The van der Waals surface area contributed by atoms with E-state index < -0.39 is 72.1 Å². The number of ether oxygens (including phenoxy) is 4. The predicted octanol–water partition coefficient (Wildman–Crippen LogP) is 3.13. The molecule has 6 fully saturated rings. The number of aliphatic hydroxyl groups is 6. The SMILES string of the molecule is CC1(C)CC[C@]2(C(=O)O)CC[C@]3(C)C(=CC[C@@H]4[C@@]5(C)CC[C@H](O[C@@H]6OC[C@H](O)[C@H](O[C@@H]7OC[C@@H](O)[C@H](O)[C@H]7O)[C@H]6O)[C@@](C)(CO)[C@@H]5CC[C@]43C)[C@@H]2C1. The maximum absolute atomic E-state index is 13.0. The van der Waals surface area contributed by atoms with Gasteiger partial charge in [-0.15, -0.1) is 0 Å². The molecule has 17 atom stereocenters. The molecule has 0 spiro atoms. The highest BCUT2D eigenvalue weighted by atomic mass is 16.7. The van der Waals surface area contributed by atoms with Crippen molar-refractivity contribution in [1.82, 2.24) is 0 Å². The fourth-order valence-corrected chi connectivity index (χ4v) is 13.1. The average Bonchev–Trinajstić information content (AvgIpc) is 3.08. The topological polar surface area (TPSA) is 196 Å². The molecule has 12 heteroatoms. The molecule has 7 aliphatic rings. The summed E-state index contributed by atoms with van der Waals surface area (Å²) in [6, 6.07) is 0. The van der Waals surface area contributed by atoms with Gasteiger partial charge in [0.25, 0.3) is 0 Å². The first-order valence-electron chi connectivity index (χ1n) is 19.8. The van der Waals surface area contributed by atoms with Crippen molar-refractivity contribution in [2.24, 2.45) is 50.2 Å². The van der Waals surface area contributed by atoms with Gasteiger partial charge in [-0.05, 0) is 104 Å². The molecule has 2 heterocycles. The van der Waals surface area contributed by atoms with Crippen LogP contribution in [0.1, 0.15) is 106 Å². The van der Waals surface area contributed by atoms with E-state index in [9.17, 15) is 40.5 Å². The summed E-state index contributed by atoms with van der Waals surface area (Å²) in [5, 5.41) is 74.4. The van der Waals surface area contributed by atoms with Crippen molar-refractivity contribution >= 4 is 5.97 Å². The smallest absolute Gasteiger partial charge is 0.310 e. The van der Waals surface area contributed by atoms with Gasteiger partial charge in [-0.1, -0.05) is 53.2 Å². The second-order valence-corrected chi connectivity index (χ2v) is 19.6. The Morgan fingerprint density at radius 2 is 1.44 bits per heavy atom. The normalized spacial score (nSPS) is 54.5. The predicted molar refractivity (Wildman–Crippen MR) is 187 cm³/mol. The molecule has 0 bridgehead atoms. The summed E-state index contributed by atoms with van der Waals surface area (Å²) in [5.41, 5.74) is -0.166. The van der Waals surface area contributed by atoms with E-state index in [4.69, 9.17) is 18.9 Å². The van der Waals surface area contributed by atoms with Gasteiger partial charge in [0, 0.05) is 5.41 Å². The molecule has 12 nitrogen and oxygen atoms in total. The minimum atomic E-state index is -1.59. The summed E-state index contributed by atoms with van der Waals surface area (Å²) in [6.45, 7) is 13.3. The number of aliphatic carboxylic acids is 1. The number of allylic oxidation sites excluding steroid dienone is 2. The second-order valence-electron chi connectivity index (χ2n) is 19.6. The van der Waals surface area contributed by atoms with Gasteiger partial charge >= 0.3 is 5.97 Å². The minimum Gasteiger partial charge on any atom is -0.481 e. The van der Waals surface area contributed by atoms with Gasteiger partial charge in [0.15, 0.2) is 12.6 Å². The number of carbonyl (C=O) groups is 1. The molecule has 5 aliphatic carbocycles. The van der Waals surface area contributed by atoms with Gasteiger partial charge in [-0.25, -0.2) is 0 Å². The highest BCUT2D eigenvalue weighted by Crippen LogP contribution is 2.76. The average molecular weight is 737 g/mol. The third-order valence-corrected chi connectivity index (χ3v) is 16.6. The van der Waals surface area contributed by atoms with Crippen LogP contribution < -0.4 is 0 Å². The molecular formula is C40H64O12. The number of rotatable bonds is 6. The Hall–Kier alpha value is -1.19. The van der Waals surface area contributed by atoms with Crippen LogP contribution in [-0.2, 0) is 23.7 Å². The molecule has 52 heavy (non-hydrogen) atoms. The standard InChI is InChI=1S/C40H64O12/c1-35(2)13-15-40(34(47)48)16-14-38(5)21(22(40)17-35)7-8-26-36(3)11-10-27(37(4,20-41)25(36)9-12-39(26,38)6)51-33-30(46)31(24(43)19-50-33)52-32-29(45)28(44)23(42)18-49-32/h7,22-33,41-46H,8-20H2,1-6H3,(H,47,48)/t22-,23+,24-,25+,26+,27-,28-,29+,30+,31-,32-,33-,36-,37-,38+,39+,40-/m0/s1. The quantitative estimate of drug-likeness (QED) is 0.156. The van der Waals surface area contributed by atoms with Crippen molar-refractivity contribution in [2.75, 3.05) is 19.8 Å². The Bertz CT molecular complexity index is 1400. The van der Waals surface area contributed by atoms with E-state index in [1.165, 1.54) is 5.57 Å². The van der Waals surface area contributed by atoms with Gasteiger partial charge in [0.2, 0.25) is 0 Å². The fourth-order valence-electron chi connectivity index (χ4n) is 13.1. The molecule has 0 amide bonds. The lowest BCUT2D eigenvalue weighted by Gasteiger charge is -2.71. The van der Waals surface area contributed by atoms with Crippen LogP contribution in [0.3, 0.4) is 0 Å². The number of aliphatic hydroxyl groups excluding tert-OH is 6. The van der Waals surface area contributed by atoms with Crippen molar-refractivity contribution in [2.45, 2.75) is 161 Å². The van der Waals surface area contributed by atoms with Gasteiger partial charge in [0.05, 0.1) is 31.3 Å². The molecule has 296 valence electrons. The Balaban J connectivity index is 1.12. The number of hydrogen-bond donors (Lipinski definition) is 7. The first kappa shape index (κ1) is 39.1. The first-order valence-corrected chi connectivity index (χ1v) is 19.8. The summed E-state index contributed by atoms with van der Waals surface area (Å²) in [6.07, 6.45) is -0.635. The monoisotopic (exact) mass is 736 g/mol. The van der Waals surface area contributed by atoms with Gasteiger partial charge in [-0.3, -0.25) is 4.79 Å². The van der Waals surface area contributed by atoms with Crippen molar-refractivity contribution in [1.29, 1.82) is 0 Å². The van der Waals surface area contributed by atoms with Crippen LogP contribution in [0.4, 0.5) is 0 Å². The highest BCUT2D eigenvalue weighted by molar-refractivity contribution is 5.76. The van der Waals surface area contributed by atoms with Crippen molar-refractivity contribution in [3.63, 3.8) is 0 Å². The van der Waals surface area contributed by atoms with E-state index in [0.29, 0.717) is 18.8 Å². The first-order chi connectivity index (χ1) is 24.3. The molecule has 2 aliphatic heterocycles. The van der Waals surface area contributed by atoms with Gasteiger partial charge < -0.3 is 54.7 Å². The summed E-state index contributed by atoms with van der Waals surface area (Å²) in [4.78, 5) is 13.0. The van der Waals surface area contributed by atoms with Crippen LogP contribution in [0.15, 0.2) is 11.6 Å². The third-order valence-electron chi connectivity index (χ3n) is 16.6. The lowest BCUT2D eigenvalue weighted by molar-refractivity contribution is -0.348. The number of carboxylic acid groups (broad SMARTS) is 1. The molecule has 0 aromatic heterocycles. The molecule has 4 saturated carbocycles. The van der Waals surface area contributed by atoms with E-state index in [0.717, 1.165) is 51.4 Å². The Morgan fingerprint density at radius 3 is 2.12 bits per heavy atom. The second kappa shape index (κ2) is 13.2. The highest BCUT2D eigenvalue weighted by Gasteiger charge is 2.70. The largest absolute Gasteiger partial charge is 0.481 e. The minimum absolute atomic E-state index is 0.0421. The van der Waals surface area contributed by atoms with E-state index in [1.54, 1.807) is 0 Å². The molecule has 7 N–H and O–H groups in total. The Labute approximate surface area is 307 Å². The number of hydrogen-bond acceptors (Lipinski definition) is 11. The van der Waals surface area contributed by atoms with Crippen LogP contribution in [0.2, 0.25) is 0 Å². The van der Waals surface area contributed by atoms with Crippen LogP contribution in [0, 0.1) is 50.2 Å². The van der Waals surface area contributed by atoms with Crippen LogP contribution in [-0.4, -0.2) is 117 Å². The van der Waals surface area contributed by atoms with E-state index in [-0.39, 0.29) is 53.3 Å². The lowest BCUT2D eigenvalue weighted by Crippen LogP contribution is -2.67. The molecule has 0 aromatic carbocycles. The Morgan fingerprint density at radius 1 is 0.788 bits per heavy atom. The van der Waals surface area contributed by atoms with Crippen LogP contribution >= 0.6 is 0 Å². The van der Waals surface area contributed by atoms with Crippen molar-refractivity contribution in [3.8, 4) is 0 Å². The maximum Gasteiger partial charge on any atom is 0.310 e. The molecule has 2 saturated heterocycles. The lowest BCUT2D eigenvalue weighted by atomic mass is 9.33. The van der Waals surface area contributed by atoms with Crippen molar-refractivity contribution in [3.05, 3.63) is 11.6 Å². The molecular weight excluding hydrogens is 672 g/mol. The number of fused-ring (bicyclic) bond motifs is 7. The van der Waals surface area contributed by atoms with E-state index >= 15 is 0 Å². The van der Waals surface area contributed by atoms with Crippen molar-refractivity contribution < 1.29 is 59.5 Å². The Kier molecular flexibility index (Phi) is 9.92. The molecule has 0 aromatic rings. The van der Waals surface area contributed by atoms with Crippen LogP contribution in [0.25, 0.3) is 0 Å². The zero-order valence-electron chi connectivity index (χ0n) is 31.9. The van der Waals surface area contributed by atoms with Crippen LogP contribution in [0.5, 0.6) is 0 Å². The summed E-state index contributed by atoms with van der Waals surface area (Å²) in [5.74, 6) is -0.157. The molecule has 7 rings (SSSR count). The number of carboxylic acids is 1. The maximum atomic E-state index is 13.0. The summed E-state index contributed by atoms with van der Waals surface area (Å²) in [7, 11) is 0. The molecule has 0 radical (unpaired) electrons. The fraction of sp³-hybridized carbons (Fsp3) is 0.925. The van der Waals surface area contributed by atoms with Gasteiger partial charge in [0.1, 0.15) is 36.6 Å². The zero-order chi connectivity index (χ0) is 37.8. The summed E-state index contributed by atoms with van der Waals surface area (Å²) < 4.78 is 23.5. The molecule has 0 unspecified atom stereocenters. The zero-order valence-corrected chi connectivity index (χ0v) is 31.9.